The maximum Gasteiger partial charge on any atom is 0.291 e. The second-order valence-corrected chi connectivity index (χ2v) is 4.61. The number of aryl methyl sites for hydroxylation is 1. The summed E-state index contributed by atoms with van der Waals surface area (Å²) in [5.41, 5.74) is 2.91. The first-order valence-electron chi connectivity index (χ1n) is 6.37. The molecule has 0 saturated carbocycles. The maximum atomic E-state index is 12.0. The monoisotopic (exact) mass is 266 g/mol. The van der Waals surface area contributed by atoms with Gasteiger partial charge in [-0.2, -0.15) is 0 Å². The average Bonchev–Trinajstić information content (AvgIpc) is 2.90. The number of benzene rings is 1. The van der Waals surface area contributed by atoms with Gasteiger partial charge in [0.25, 0.3) is 5.91 Å². The van der Waals surface area contributed by atoms with Gasteiger partial charge in [-0.1, -0.05) is 35.9 Å². The second kappa shape index (κ2) is 5.13. The summed E-state index contributed by atoms with van der Waals surface area (Å²) >= 11 is 0. The Morgan fingerprint density at radius 1 is 1.20 bits per heavy atom. The highest BCUT2D eigenvalue weighted by molar-refractivity contribution is 5.90. The average molecular weight is 266 g/mol. The van der Waals surface area contributed by atoms with Crippen LogP contribution in [0.15, 0.2) is 48.7 Å². The summed E-state index contributed by atoms with van der Waals surface area (Å²) in [7, 11) is 0. The third-order valence-electron chi connectivity index (χ3n) is 3.02. The first kappa shape index (κ1) is 12.3. The Hall–Kier alpha value is -2.69. The molecule has 0 aliphatic rings. The molecule has 0 radical (unpaired) electrons. The summed E-state index contributed by atoms with van der Waals surface area (Å²) in [6.45, 7) is 2.50. The fourth-order valence-corrected chi connectivity index (χ4v) is 1.90. The lowest BCUT2D eigenvalue weighted by Crippen LogP contribution is -2.24. The minimum Gasteiger partial charge on any atom is -0.345 e. The summed E-state index contributed by atoms with van der Waals surface area (Å²) in [4.78, 5) is 16.2. The van der Waals surface area contributed by atoms with Gasteiger partial charge in [0.05, 0.1) is 0 Å². The SMILES string of the molecule is Cc1ccc(CNC(=O)c2nc3ccccn3n2)cc1. The van der Waals surface area contributed by atoms with Crippen molar-refractivity contribution in [3.8, 4) is 0 Å². The Labute approximate surface area is 116 Å². The van der Waals surface area contributed by atoms with Crippen molar-refractivity contribution in [2.45, 2.75) is 13.5 Å². The summed E-state index contributed by atoms with van der Waals surface area (Å²) in [6, 6.07) is 13.5. The number of pyridine rings is 1. The molecule has 0 saturated heterocycles. The van der Waals surface area contributed by atoms with Crippen LogP contribution < -0.4 is 5.32 Å². The molecule has 1 aromatic carbocycles. The predicted molar refractivity (Wildman–Crippen MR) is 75.3 cm³/mol. The van der Waals surface area contributed by atoms with Crippen molar-refractivity contribution in [2.75, 3.05) is 0 Å². The second-order valence-electron chi connectivity index (χ2n) is 4.61. The van der Waals surface area contributed by atoms with Crippen LogP contribution in [0.4, 0.5) is 0 Å². The van der Waals surface area contributed by atoms with E-state index in [0.29, 0.717) is 12.2 Å². The molecule has 0 bridgehead atoms. The van der Waals surface area contributed by atoms with Crippen LogP contribution in [0.5, 0.6) is 0 Å². The standard InChI is InChI=1S/C15H14N4O/c1-11-5-7-12(8-6-11)10-16-15(20)14-17-13-4-2-3-9-19(13)18-14/h2-9H,10H2,1H3,(H,16,20). The quantitative estimate of drug-likeness (QED) is 0.788. The molecule has 100 valence electrons. The van der Waals surface area contributed by atoms with E-state index in [4.69, 9.17) is 0 Å². The number of aromatic nitrogens is 3. The van der Waals surface area contributed by atoms with Crippen molar-refractivity contribution in [1.82, 2.24) is 19.9 Å². The number of nitrogens with zero attached hydrogens (tertiary/aromatic N) is 3. The lowest BCUT2D eigenvalue weighted by atomic mass is 10.1. The fraction of sp³-hybridized carbons (Fsp3) is 0.133. The van der Waals surface area contributed by atoms with Crippen LogP contribution >= 0.6 is 0 Å². The van der Waals surface area contributed by atoms with Gasteiger partial charge in [-0.3, -0.25) is 4.79 Å². The number of carbonyl (C=O) groups excluding carboxylic acids is 1. The Bertz CT molecular complexity index is 713. The number of nitrogens with one attached hydrogen (secondary N) is 1. The van der Waals surface area contributed by atoms with E-state index in [1.165, 1.54) is 5.56 Å². The first-order chi connectivity index (χ1) is 9.72. The van der Waals surface area contributed by atoms with E-state index in [1.54, 1.807) is 10.7 Å². The van der Waals surface area contributed by atoms with Gasteiger partial charge in [0.1, 0.15) is 0 Å². The van der Waals surface area contributed by atoms with Crippen LogP contribution in [-0.4, -0.2) is 20.5 Å². The van der Waals surface area contributed by atoms with Gasteiger partial charge in [-0.25, -0.2) is 9.50 Å². The number of fused-ring (bicyclic) bond motifs is 1. The molecule has 0 unspecified atom stereocenters. The van der Waals surface area contributed by atoms with Crippen molar-refractivity contribution < 1.29 is 4.79 Å². The zero-order valence-electron chi connectivity index (χ0n) is 11.1. The van der Waals surface area contributed by atoms with E-state index >= 15 is 0 Å². The summed E-state index contributed by atoms with van der Waals surface area (Å²) in [5.74, 6) is -0.0856. The maximum absolute atomic E-state index is 12.0. The molecule has 0 atom stereocenters. The number of carbonyl (C=O) groups is 1. The molecule has 1 N–H and O–H groups in total. The predicted octanol–water partition coefficient (Wildman–Crippen LogP) is 1.97. The molecule has 0 aliphatic heterocycles. The molecule has 2 heterocycles. The Kier molecular flexibility index (Phi) is 3.16. The van der Waals surface area contributed by atoms with E-state index in [9.17, 15) is 4.79 Å². The minimum atomic E-state index is -0.269. The molecular weight excluding hydrogens is 252 g/mol. The Morgan fingerprint density at radius 2 is 2.00 bits per heavy atom. The lowest BCUT2D eigenvalue weighted by molar-refractivity contribution is 0.0941. The largest absolute Gasteiger partial charge is 0.345 e. The first-order valence-corrected chi connectivity index (χ1v) is 6.37. The molecule has 3 aromatic rings. The van der Waals surface area contributed by atoms with Gasteiger partial charge < -0.3 is 5.32 Å². The summed E-state index contributed by atoms with van der Waals surface area (Å²) in [5, 5.41) is 6.95. The molecular formula is C15H14N4O. The molecule has 0 aliphatic carbocycles. The van der Waals surface area contributed by atoms with Gasteiger partial charge in [0.15, 0.2) is 5.65 Å². The highest BCUT2D eigenvalue weighted by atomic mass is 16.2. The van der Waals surface area contributed by atoms with Crippen molar-refractivity contribution in [3.63, 3.8) is 0 Å². The van der Waals surface area contributed by atoms with E-state index in [1.807, 2.05) is 49.4 Å². The third kappa shape index (κ3) is 2.51. The number of amides is 1. The van der Waals surface area contributed by atoms with Crippen LogP contribution in [-0.2, 0) is 6.54 Å². The van der Waals surface area contributed by atoms with E-state index < -0.39 is 0 Å². The summed E-state index contributed by atoms with van der Waals surface area (Å²) in [6.07, 6.45) is 1.76. The Morgan fingerprint density at radius 3 is 2.75 bits per heavy atom. The van der Waals surface area contributed by atoms with Crippen molar-refractivity contribution in [1.29, 1.82) is 0 Å². The van der Waals surface area contributed by atoms with E-state index in [0.717, 1.165) is 5.56 Å². The minimum absolute atomic E-state index is 0.184. The van der Waals surface area contributed by atoms with Gasteiger partial charge in [0, 0.05) is 12.7 Å². The van der Waals surface area contributed by atoms with Crippen molar-refractivity contribution >= 4 is 11.6 Å². The smallest absolute Gasteiger partial charge is 0.291 e. The molecule has 20 heavy (non-hydrogen) atoms. The van der Waals surface area contributed by atoms with Gasteiger partial charge in [0.2, 0.25) is 5.82 Å². The molecule has 2 aromatic heterocycles. The molecule has 0 fully saturated rings. The molecule has 5 nitrogen and oxygen atoms in total. The van der Waals surface area contributed by atoms with Crippen LogP contribution in [0, 0.1) is 6.92 Å². The number of hydrogen-bond donors (Lipinski definition) is 1. The van der Waals surface area contributed by atoms with Gasteiger partial charge >= 0.3 is 0 Å². The molecule has 3 rings (SSSR count). The zero-order valence-corrected chi connectivity index (χ0v) is 11.1. The van der Waals surface area contributed by atoms with Crippen LogP contribution in [0.1, 0.15) is 21.7 Å². The number of hydrogen-bond acceptors (Lipinski definition) is 3. The van der Waals surface area contributed by atoms with Gasteiger partial charge in [-0.05, 0) is 24.6 Å². The zero-order chi connectivity index (χ0) is 13.9. The highest BCUT2D eigenvalue weighted by Gasteiger charge is 2.11. The third-order valence-corrected chi connectivity index (χ3v) is 3.02. The van der Waals surface area contributed by atoms with Crippen LogP contribution in [0.25, 0.3) is 5.65 Å². The molecule has 0 spiro atoms. The highest BCUT2D eigenvalue weighted by Crippen LogP contribution is 2.04. The van der Waals surface area contributed by atoms with E-state index in [2.05, 4.69) is 15.4 Å². The normalized spacial score (nSPS) is 10.7. The Balaban J connectivity index is 1.71. The topological polar surface area (TPSA) is 59.3 Å². The van der Waals surface area contributed by atoms with Crippen molar-refractivity contribution in [3.05, 3.63) is 65.6 Å². The van der Waals surface area contributed by atoms with Crippen LogP contribution in [0.3, 0.4) is 0 Å². The van der Waals surface area contributed by atoms with E-state index in [-0.39, 0.29) is 11.7 Å². The number of rotatable bonds is 3. The van der Waals surface area contributed by atoms with Crippen LogP contribution in [0.2, 0.25) is 0 Å². The fourth-order valence-electron chi connectivity index (χ4n) is 1.90. The van der Waals surface area contributed by atoms with Crippen molar-refractivity contribution in [2.24, 2.45) is 0 Å². The lowest BCUT2D eigenvalue weighted by Gasteiger charge is -2.03. The molecule has 1 amide bonds. The van der Waals surface area contributed by atoms with Gasteiger partial charge in [-0.15, -0.1) is 5.10 Å². The molecule has 5 heteroatoms. The summed E-state index contributed by atoms with van der Waals surface area (Å²) < 4.78 is 1.58.